The van der Waals surface area contributed by atoms with Crippen LogP contribution in [0, 0.1) is 11.7 Å². The molecule has 0 bridgehead atoms. The molecule has 152 valence electrons. The number of nitrogens with zero attached hydrogens (tertiary/aromatic N) is 2. The number of carbonyl (C=O) groups excluding carboxylic acids is 2. The first kappa shape index (κ1) is 19.9. The van der Waals surface area contributed by atoms with Gasteiger partial charge in [0.1, 0.15) is 0 Å². The normalized spacial score (nSPS) is 18.1. The molecule has 1 heterocycles. The summed E-state index contributed by atoms with van der Waals surface area (Å²) in [5, 5.41) is 8.69. The van der Waals surface area contributed by atoms with Gasteiger partial charge in [-0.15, -0.1) is 0 Å². The number of urea groups is 1. The lowest BCUT2D eigenvalue weighted by Gasteiger charge is -2.20. The van der Waals surface area contributed by atoms with Crippen molar-refractivity contribution in [2.45, 2.75) is 25.8 Å². The van der Waals surface area contributed by atoms with E-state index in [1.54, 1.807) is 13.1 Å². The monoisotopic (exact) mass is 391 g/mol. The van der Waals surface area contributed by atoms with Crippen molar-refractivity contribution in [3.05, 3.63) is 29.6 Å². The molecule has 3 N–H and O–H groups in total. The first-order valence-corrected chi connectivity index (χ1v) is 9.45. The van der Waals surface area contributed by atoms with Gasteiger partial charge in [0.25, 0.3) is 0 Å². The lowest BCUT2D eigenvalue weighted by atomic mass is 10.1. The summed E-state index contributed by atoms with van der Waals surface area (Å²) < 4.78 is 19.8. The van der Waals surface area contributed by atoms with Crippen LogP contribution < -0.4 is 20.7 Å². The molecule has 1 aromatic carbocycles. The van der Waals surface area contributed by atoms with Crippen molar-refractivity contribution in [3.8, 4) is 5.75 Å². The number of guanidine groups is 1. The maximum atomic E-state index is 14.3. The second-order valence-electron chi connectivity index (χ2n) is 7.01. The summed E-state index contributed by atoms with van der Waals surface area (Å²) in [5.74, 6) is 0.708. The van der Waals surface area contributed by atoms with Crippen LogP contribution in [0.15, 0.2) is 23.2 Å². The molecule has 1 saturated heterocycles. The number of rotatable bonds is 8. The third-order valence-electron chi connectivity index (χ3n) is 4.77. The Bertz CT molecular complexity index is 750. The molecule has 1 aromatic rings. The topological polar surface area (TPSA) is 95.1 Å². The van der Waals surface area contributed by atoms with Gasteiger partial charge in [-0.1, -0.05) is 6.07 Å². The molecule has 0 radical (unpaired) electrons. The molecule has 1 unspecified atom stereocenters. The number of benzene rings is 1. The van der Waals surface area contributed by atoms with Crippen LogP contribution >= 0.6 is 0 Å². The Hall–Kier alpha value is -2.84. The molecule has 1 atom stereocenters. The zero-order chi connectivity index (χ0) is 20.1. The van der Waals surface area contributed by atoms with Crippen molar-refractivity contribution in [1.82, 2.24) is 20.9 Å². The predicted octanol–water partition coefficient (Wildman–Crippen LogP) is 1.39. The Morgan fingerprint density at radius 3 is 2.82 bits per heavy atom. The largest absolute Gasteiger partial charge is 0.490 e. The summed E-state index contributed by atoms with van der Waals surface area (Å²) in [6.45, 7) is 3.09. The molecular weight excluding hydrogens is 365 g/mol. The van der Waals surface area contributed by atoms with Gasteiger partial charge < -0.3 is 20.7 Å². The molecule has 1 saturated carbocycles. The van der Waals surface area contributed by atoms with E-state index in [0.717, 1.165) is 23.3 Å². The maximum absolute atomic E-state index is 14.3. The molecule has 8 nitrogen and oxygen atoms in total. The highest BCUT2D eigenvalue weighted by Crippen LogP contribution is 2.30. The molecule has 1 aliphatic heterocycles. The zero-order valence-corrected chi connectivity index (χ0v) is 16.1. The smallest absolute Gasteiger partial charge is 0.324 e. The van der Waals surface area contributed by atoms with E-state index in [0.29, 0.717) is 25.0 Å². The summed E-state index contributed by atoms with van der Waals surface area (Å²) in [7, 11) is 1.62. The number of amides is 3. The number of hydrogen-bond donors (Lipinski definition) is 3. The summed E-state index contributed by atoms with van der Waals surface area (Å²) in [5.41, 5.74) is 0.758. The second-order valence-corrected chi connectivity index (χ2v) is 7.01. The van der Waals surface area contributed by atoms with E-state index in [4.69, 9.17) is 4.74 Å². The zero-order valence-electron chi connectivity index (χ0n) is 16.1. The Morgan fingerprint density at radius 1 is 1.43 bits per heavy atom. The third-order valence-corrected chi connectivity index (χ3v) is 4.77. The minimum atomic E-state index is -0.386. The molecular formula is C19H26FN5O3. The minimum absolute atomic E-state index is 0.0365. The molecule has 0 spiro atoms. The summed E-state index contributed by atoms with van der Waals surface area (Å²) in [6, 6.07) is 4.35. The molecule has 2 aliphatic rings. The summed E-state index contributed by atoms with van der Waals surface area (Å²) >= 11 is 0. The van der Waals surface area contributed by atoms with Crippen LogP contribution in [-0.2, 0) is 4.79 Å². The average molecular weight is 391 g/mol. The van der Waals surface area contributed by atoms with Crippen molar-refractivity contribution in [3.63, 3.8) is 0 Å². The average Bonchev–Trinajstić information content (AvgIpc) is 3.46. The first-order chi connectivity index (χ1) is 13.5. The van der Waals surface area contributed by atoms with E-state index >= 15 is 0 Å². The van der Waals surface area contributed by atoms with Gasteiger partial charge in [-0.05, 0) is 43.4 Å². The lowest BCUT2D eigenvalue weighted by molar-refractivity contribution is -0.124. The summed E-state index contributed by atoms with van der Waals surface area (Å²) in [4.78, 5) is 28.4. The van der Waals surface area contributed by atoms with Crippen molar-refractivity contribution < 1.29 is 18.7 Å². The van der Waals surface area contributed by atoms with Crippen molar-refractivity contribution in [1.29, 1.82) is 0 Å². The van der Waals surface area contributed by atoms with Crippen LogP contribution in [0.1, 0.15) is 31.4 Å². The van der Waals surface area contributed by atoms with Crippen molar-refractivity contribution in [2.24, 2.45) is 10.9 Å². The van der Waals surface area contributed by atoms with Crippen LogP contribution in [0.4, 0.5) is 9.18 Å². The van der Waals surface area contributed by atoms with Gasteiger partial charge in [0.15, 0.2) is 17.5 Å². The fourth-order valence-electron chi connectivity index (χ4n) is 2.85. The van der Waals surface area contributed by atoms with E-state index in [9.17, 15) is 14.0 Å². The number of imide groups is 1. The Balaban J connectivity index is 1.48. The summed E-state index contributed by atoms with van der Waals surface area (Å²) in [6.07, 6.45) is 2.31. The molecule has 28 heavy (non-hydrogen) atoms. The molecule has 0 aromatic heterocycles. The van der Waals surface area contributed by atoms with Crippen LogP contribution in [0.5, 0.6) is 5.75 Å². The van der Waals surface area contributed by atoms with Gasteiger partial charge in [0, 0.05) is 20.1 Å². The van der Waals surface area contributed by atoms with Crippen LogP contribution in [0.25, 0.3) is 0 Å². The van der Waals surface area contributed by atoms with E-state index in [2.05, 4.69) is 20.9 Å². The standard InChI is InChI=1S/C19H26FN5O3/c1-12(14-5-6-16(15(20)9-14)28-11-13-3-4-13)24-18(21-2)22-7-8-25-17(26)10-23-19(25)27/h5-6,9,12-13H,3-4,7-8,10-11H2,1-2H3,(H,23,27)(H2,21,22,24). The Kier molecular flexibility index (Phi) is 6.33. The predicted molar refractivity (Wildman–Crippen MR) is 103 cm³/mol. The van der Waals surface area contributed by atoms with Gasteiger partial charge in [0.2, 0.25) is 5.91 Å². The Morgan fingerprint density at radius 2 is 2.21 bits per heavy atom. The van der Waals surface area contributed by atoms with Crippen LogP contribution in [0.2, 0.25) is 0 Å². The molecule has 3 amide bonds. The highest BCUT2D eigenvalue weighted by molar-refractivity contribution is 6.01. The molecule has 3 rings (SSSR count). The van der Waals surface area contributed by atoms with Gasteiger partial charge in [0.05, 0.1) is 19.2 Å². The fraction of sp³-hybridized carbons (Fsp3) is 0.526. The number of carbonyl (C=O) groups is 2. The van der Waals surface area contributed by atoms with E-state index in [1.165, 1.54) is 6.07 Å². The van der Waals surface area contributed by atoms with Crippen molar-refractivity contribution in [2.75, 3.05) is 33.3 Å². The second kappa shape index (κ2) is 8.90. The van der Waals surface area contributed by atoms with Gasteiger partial charge >= 0.3 is 6.03 Å². The number of halogens is 1. The SMILES string of the molecule is CN=C(NCCN1C(=O)CNC1=O)NC(C)c1ccc(OCC2CC2)c(F)c1. The number of aliphatic imine (C=N–C) groups is 1. The van der Waals surface area contributed by atoms with Gasteiger partial charge in [-0.2, -0.15) is 0 Å². The molecule has 2 fully saturated rings. The molecule has 1 aliphatic carbocycles. The third kappa shape index (κ3) is 5.11. The van der Waals surface area contributed by atoms with Crippen molar-refractivity contribution >= 4 is 17.9 Å². The van der Waals surface area contributed by atoms with E-state index in [1.807, 2.05) is 13.0 Å². The number of ether oxygens (including phenoxy) is 1. The van der Waals surface area contributed by atoms with E-state index in [-0.39, 0.29) is 42.6 Å². The quantitative estimate of drug-likeness (QED) is 0.354. The van der Waals surface area contributed by atoms with Gasteiger partial charge in [-0.25, -0.2) is 9.18 Å². The van der Waals surface area contributed by atoms with Gasteiger partial charge in [-0.3, -0.25) is 14.7 Å². The van der Waals surface area contributed by atoms with E-state index < -0.39 is 0 Å². The Labute approximate surface area is 163 Å². The minimum Gasteiger partial charge on any atom is -0.490 e. The maximum Gasteiger partial charge on any atom is 0.324 e. The highest BCUT2D eigenvalue weighted by atomic mass is 19.1. The lowest BCUT2D eigenvalue weighted by Crippen LogP contribution is -2.43. The highest BCUT2D eigenvalue weighted by Gasteiger charge is 2.27. The number of hydrogen-bond acceptors (Lipinski definition) is 4. The fourth-order valence-corrected chi connectivity index (χ4v) is 2.85. The van der Waals surface area contributed by atoms with Crippen LogP contribution in [0.3, 0.4) is 0 Å². The number of nitrogens with one attached hydrogen (secondary N) is 3. The molecule has 9 heteroatoms. The van der Waals surface area contributed by atoms with Crippen LogP contribution in [-0.4, -0.2) is 56.1 Å². The first-order valence-electron chi connectivity index (χ1n) is 9.45.